The maximum Gasteiger partial charge on any atom is 0.254 e. The van der Waals surface area contributed by atoms with Crippen LogP contribution in [0.1, 0.15) is 34.5 Å². The van der Waals surface area contributed by atoms with Gasteiger partial charge in [0.1, 0.15) is 12.0 Å². The molecule has 2 aromatic rings. The number of ether oxygens (including phenoxy) is 1. The summed E-state index contributed by atoms with van der Waals surface area (Å²) in [5.41, 5.74) is 7.25. The molecule has 0 bridgehead atoms. The van der Waals surface area contributed by atoms with Crippen LogP contribution in [0.15, 0.2) is 47.1 Å². The van der Waals surface area contributed by atoms with Crippen molar-refractivity contribution in [2.45, 2.75) is 25.8 Å². The molecule has 0 unspecified atom stereocenters. The summed E-state index contributed by atoms with van der Waals surface area (Å²) in [5, 5.41) is 2.86. The molecule has 124 valence electrons. The van der Waals surface area contributed by atoms with Crippen molar-refractivity contribution in [1.82, 2.24) is 5.32 Å². The third-order valence-corrected chi connectivity index (χ3v) is 3.50. The fourth-order valence-electron chi connectivity index (χ4n) is 2.18. The molecule has 0 spiro atoms. The van der Waals surface area contributed by atoms with E-state index in [0.29, 0.717) is 31.0 Å². The minimum absolute atomic E-state index is 0.126. The van der Waals surface area contributed by atoms with Gasteiger partial charge in [0.2, 0.25) is 0 Å². The lowest BCUT2D eigenvalue weighted by atomic mass is 10.2. The van der Waals surface area contributed by atoms with E-state index in [1.807, 2.05) is 18.2 Å². The largest absolute Gasteiger partial charge is 0.467 e. The average molecular weight is 316 g/mol. The van der Waals surface area contributed by atoms with Gasteiger partial charge in [0.05, 0.1) is 18.7 Å². The van der Waals surface area contributed by atoms with Gasteiger partial charge in [-0.15, -0.1) is 0 Å². The van der Waals surface area contributed by atoms with Gasteiger partial charge in [-0.25, -0.2) is 0 Å². The van der Waals surface area contributed by atoms with Gasteiger partial charge in [-0.05, 0) is 30.9 Å². The first kappa shape index (κ1) is 17.2. The number of nitrogens with one attached hydrogen (secondary N) is 1. The Morgan fingerprint density at radius 2 is 2.00 bits per heavy atom. The Balaban J connectivity index is 1.48. The molecule has 0 aliphatic carbocycles. The highest BCUT2D eigenvalue weighted by Crippen LogP contribution is 2.06. The molecule has 1 aromatic carbocycles. The van der Waals surface area contributed by atoms with E-state index in [4.69, 9.17) is 14.9 Å². The molecule has 1 aromatic heterocycles. The zero-order valence-corrected chi connectivity index (χ0v) is 13.3. The number of carbonyl (C=O) groups is 1. The topological polar surface area (TPSA) is 77.5 Å². The number of hydrogen-bond donors (Lipinski definition) is 2. The van der Waals surface area contributed by atoms with Crippen LogP contribution in [-0.2, 0) is 17.7 Å². The first-order chi connectivity index (χ1) is 11.3. The van der Waals surface area contributed by atoms with Crippen molar-refractivity contribution in [1.29, 1.82) is 0 Å². The van der Waals surface area contributed by atoms with E-state index in [1.165, 1.54) is 11.8 Å². The van der Waals surface area contributed by atoms with Gasteiger partial charge in [-0.1, -0.05) is 30.3 Å². The van der Waals surface area contributed by atoms with Gasteiger partial charge in [0, 0.05) is 13.2 Å². The molecular formula is C18H24N2O3. The molecule has 2 rings (SSSR count). The maximum absolute atomic E-state index is 11.8. The Morgan fingerprint density at radius 1 is 1.17 bits per heavy atom. The van der Waals surface area contributed by atoms with E-state index in [9.17, 15) is 4.79 Å². The monoisotopic (exact) mass is 316 g/mol. The van der Waals surface area contributed by atoms with Gasteiger partial charge in [0.25, 0.3) is 5.91 Å². The quantitative estimate of drug-likeness (QED) is 0.660. The summed E-state index contributed by atoms with van der Waals surface area (Å²) in [7, 11) is 0. The molecule has 0 aliphatic heterocycles. The normalized spacial score (nSPS) is 10.7. The fourth-order valence-corrected chi connectivity index (χ4v) is 2.18. The molecule has 0 aliphatic rings. The van der Waals surface area contributed by atoms with Crippen LogP contribution in [0, 0.1) is 0 Å². The lowest BCUT2D eigenvalue weighted by Crippen LogP contribution is -2.24. The lowest BCUT2D eigenvalue weighted by Gasteiger charge is -2.05. The molecule has 0 fully saturated rings. The maximum atomic E-state index is 11.8. The summed E-state index contributed by atoms with van der Waals surface area (Å²) < 4.78 is 10.7. The van der Waals surface area contributed by atoms with Crippen LogP contribution in [0.5, 0.6) is 0 Å². The standard InChI is InChI=1S/C18H24N2O3/c19-13-17-12-16(14-23-17)18(21)20-9-4-5-10-22-11-8-15-6-2-1-3-7-15/h1-3,6-7,12,14H,4-5,8-11,13,19H2,(H,20,21). The fraction of sp³-hybridized carbons (Fsp3) is 0.389. The predicted molar refractivity (Wildman–Crippen MR) is 89.1 cm³/mol. The molecular weight excluding hydrogens is 292 g/mol. The molecule has 3 N–H and O–H groups in total. The molecule has 0 saturated carbocycles. The number of benzene rings is 1. The van der Waals surface area contributed by atoms with Crippen molar-refractivity contribution < 1.29 is 13.9 Å². The first-order valence-corrected chi connectivity index (χ1v) is 7.97. The van der Waals surface area contributed by atoms with Crippen LogP contribution >= 0.6 is 0 Å². The number of furan rings is 1. The molecule has 1 amide bonds. The minimum Gasteiger partial charge on any atom is -0.467 e. The van der Waals surface area contributed by atoms with Crippen molar-refractivity contribution in [2.24, 2.45) is 5.73 Å². The lowest BCUT2D eigenvalue weighted by molar-refractivity contribution is 0.0948. The molecule has 0 atom stereocenters. The van der Waals surface area contributed by atoms with Crippen LogP contribution in [0.4, 0.5) is 0 Å². The zero-order chi connectivity index (χ0) is 16.3. The molecule has 5 nitrogen and oxygen atoms in total. The van der Waals surface area contributed by atoms with Crippen molar-refractivity contribution in [3.8, 4) is 0 Å². The molecule has 0 radical (unpaired) electrons. The van der Waals surface area contributed by atoms with E-state index in [2.05, 4.69) is 17.4 Å². The summed E-state index contributed by atoms with van der Waals surface area (Å²) in [6.45, 7) is 2.37. The molecule has 1 heterocycles. The summed E-state index contributed by atoms with van der Waals surface area (Å²) >= 11 is 0. The number of nitrogens with two attached hydrogens (primary N) is 1. The summed E-state index contributed by atoms with van der Waals surface area (Å²) in [4.78, 5) is 11.8. The van der Waals surface area contributed by atoms with Crippen LogP contribution < -0.4 is 11.1 Å². The van der Waals surface area contributed by atoms with Crippen molar-refractivity contribution >= 4 is 5.91 Å². The van der Waals surface area contributed by atoms with Crippen LogP contribution in [0.25, 0.3) is 0 Å². The Hall–Kier alpha value is -2.11. The molecule has 0 saturated heterocycles. The highest BCUT2D eigenvalue weighted by atomic mass is 16.5. The Labute approximate surface area is 136 Å². The number of rotatable bonds is 10. The summed E-state index contributed by atoms with van der Waals surface area (Å²) in [6.07, 6.45) is 4.18. The van der Waals surface area contributed by atoms with E-state index in [-0.39, 0.29) is 5.91 Å². The average Bonchev–Trinajstić information content (AvgIpc) is 3.07. The molecule has 5 heteroatoms. The number of carbonyl (C=O) groups excluding carboxylic acids is 1. The van der Waals surface area contributed by atoms with Gasteiger partial charge in [0.15, 0.2) is 0 Å². The number of amides is 1. The second kappa shape index (κ2) is 9.82. The van der Waals surface area contributed by atoms with E-state index >= 15 is 0 Å². The number of hydrogen-bond acceptors (Lipinski definition) is 4. The molecule has 23 heavy (non-hydrogen) atoms. The Morgan fingerprint density at radius 3 is 2.74 bits per heavy atom. The number of unbranched alkanes of at least 4 members (excludes halogenated alkanes) is 1. The second-order valence-electron chi connectivity index (χ2n) is 5.32. The van der Waals surface area contributed by atoms with Crippen LogP contribution in [0.2, 0.25) is 0 Å². The van der Waals surface area contributed by atoms with Gasteiger partial charge in [-0.2, -0.15) is 0 Å². The van der Waals surface area contributed by atoms with E-state index in [0.717, 1.165) is 25.9 Å². The Bertz CT molecular complexity index is 581. The van der Waals surface area contributed by atoms with Crippen LogP contribution in [-0.4, -0.2) is 25.7 Å². The zero-order valence-electron chi connectivity index (χ0n) is 13.3. The smallest absolute Gasteiger partial charge is 0.254 e. The summed E-state index contributed by atoms with van der Waals surface area (Å²) in [5.74, 6) is 0.486. The third-order valence-electron chi connectivity index (χ3n) is 3.50. The minimum atomic E-state index is -0.126. The summed E-state index contributed by atoms with van der Waals surface area (Å²) in [6, 6.07) is 12.0. The Kier molecular flexibility index (Phi) is 7.36. The SMILES string of the molecule is NCc1cc(C(=O)NCCCCOCCc2ccccc2)co1. The van der Waals surface area contributed by atoms with Gasteiger partial charge < -0.3 is 20.2 Å². The highest BCUT2D eigenvalue weighted by Gasteiger charge is 2.08. The third kappa shape index (κ3) is 6.26. The highest BCUT2D eigenvalue weighted by molar-refractivity contribution is 5.93. The van der Waals surface area contributed by atoms with Crippen molar-refractivity contribution in [3.63, 3.8) is 0 Å². The van der Waals surface area contributed by atoms with Gasteiger partial charge >= 0.3 is 0 Å². The van der Waals surface area contributed by atoms with Crippen molar-refractivity contribution in [3.05, 3.63) is 59.5 Å². The van der Waals surface area contributed by atoms with E-state index in [1.54, 1.807) is 6.07 Å². The second-order valence-corrected chi connectivity index (χ2v) is 5.32. The van der Waals surface area contributed by atoms with Crippen LogP contribution in [0.3, 0.4) is 0 Å². The van der Waals surface area contributed by atoms with Crippen molar-refractivity contribution in [2.75, 3.05) is 19.8 Å². The predicted octanol–water partition coefficient (Wildman–Crippen LogP) is 2.51. The van der Waals surface area contributed by atoms with Gasteiger partial charge in [-0.3, -0.25) is 4.79 Å². The van der Waals surface area contributed by atoms with E-state index < -0.39 is 0 Å². The first-order valence-electron chi connectivity index (χ1n) is 7.97.